The van der Waals surface area contributed by atoms with Crippen molar-refractivity contribution in [1.82, 2.24) is 0 Å². The van der Waals surface area contributed by atoms with Gasteiger partial charge >= 0.3 is 23.9 Å². The molecule has 56 heavy (non-hydrogen) atoms. The Kier molecular flexibility index (Phi) is 11.3. The molecule has 10 nitrogen and oxygen atoms in total. The van der Waals surface area contributed by atoms with E-state index < -0.39 is 46.3 Å². The van der Waals surface area contributed by atoms with Crippen molar-refractivity contribution < 1.29 is 46.5 Å². The number of hydrogen-bond acceptors (Lipinski definition) is 10. The van der Waals surface area contributed by atoms with E-state index >= 15 is 0 Å². The summed E-state index contributed by atoms with van der Waals surface area (Å²) in [6.07, 6.45) is 10.1. The molecule has 8 aliphatic rings. The quantitative estimate of drug-likeness (QED) is 0.190. The molecule has 0 spiro atoms. The zero-order chi connectivity index (χ0) is 40.1. The second-order valence-corrected chi connectivity index (χ2v) is 22.3. The summed E-state index contributed by atoms with van der Waals surface area (Å²) in [6.45, 7) is 8.93. The monoisotopic (exact) mass is 845 g/mol. The molecule has 3 unspecified atom stereocenters. The molecule has 0 aromatic heterocycles. The summed E-state index contributed by atoms with van der Waals surface area (Å²) in [5.74, 6) is 1.56. The third-order valence-electron chi connectivity index (χ3n) is 12.3. The van der Waals surface area contributed by atoms with Crippen molar-refractivity contribution in [1.29, 1.82) is 0 Å². The molecule has 8 aliphatic carbocycles. The van der Waals surface area contributed by atoms with Gasteiger partial charge in [-0.3, -0.25) is 0 Å². The summed E-state index contributed by atoms with van der Waals surface area (Å²) in [7, 11) is -6.76. The van der Waals surface area contributed by atoms with Crippen molar-refractivity contribution in [3.63, 3.8) is 0 Å². The van der Waals surface area contributed by atoms with E-state index in [0.29, 0.717) is 30.1 Å². The van der Waals surface area contributed by atoms with Crippen LogP contribution in [0.1, 0.15) is 105 Å². The van der Waals surface area contributed by atoms with Crippen molar-refractivity contribution >= 4 is 35.1 Å². The van der Waals surface area contributed by atoms with Gasteiger partial charge in [0, 0.05) is 26.5 Å². The molecule has 8 bridgehead atoms. The molecular formula is C42H53ClO10P3+3. The van der Waals surface area contributed by atoms with Crippen LogP contribution in [0.4, 0.5) is 0 Å². The molecule has 14 heteroatoms. The molecule has 3 atom stereocenters. The SMILES string of the molecule is CC12CC3(C)CC(O)(C1)CC(O)(C2)C3.CC12CC3(C)CC(O[P+](=O)Oc4ccccc4)(C1)CC(O[P+](=O)Oc1ccccc1)(C2)C3.O=[P+](Cl)Oc1ccccc1. The smallest absolute Gasteiger partial charge is 0.390 e. The van der Waals surface area contributed by atoms with Gasteiger partial charge < -0.3 is 10.2 Å². The van der Waals surface area contributed by atoms with E-state index in [1.165, 1.54) is 6.42 Å². The van der Waals surface area contributed by atoms with Gasteiger partial charge in [0.05, 0.1) is 11.2 Å². The Labute approximate surface area is 337 Å². The van der Waals surface area contributed by atoms with Gasteiger partial charge in [0.1, 0.15) is 11.2 Å². The fourth-order valence-electron chi connectivity index (χ4n) is 13.3. The van der Waals surface area contributed by atoms with E-state index in [1.54, 1.807) is 48.5 Å². The summed E-state index contributed by atoms with van der Waals surface area (Å²) in [5.41, 5.74) is -2.11. The van der Waals surface area contributed by atoms with E-state index in [2.05, 4.69) is 32.2 Å². The number of halogens is 1. The van der Waals surface area contributed by atoms with Gasteiger partial charge in [-0.2, -0.15) is 0 Å². The van der Waals surface area contributed by atoms with Crippen LogP contribution in [0.3, 0.4) is 0 Å². The van der Waals surface area contributed by atoms with Crippen molar-refractivity contribution in [3.8, 4) is 17.2 Å². The lowest BCUT2D eigenvalue weighted by atomic mass is 9.42. The highest BCUT2D eigenvalue weighted by molar-refractivity contribution is 7.70. The molecular weight excluding hydrogens is 793 g/mol. The van der Waals surface area contributed by atoms with Gasteiger partial charge in [-0.15, -0.1) is 9.05 Å². The second-order valence-electron chi connectivity index (χ2n) is 19.2. The molecule has 11 rings (SSSR count). The number of benzene rings is 3. The van der Waals surface area contributed by atoms with Crippen LogP contribution in [-0.4, -0.2) is 32.6 Å². The summed E-state index contributed by atoms with van der Waals surface area (Å²) in [6, 6.07) is 26.9. The fourth-order valence-corrected chi connectivity index (χ4v) is 15.5. The molecule has 0 saturated heterocycles. The van der Waals surface area contributed by atoms with Crippen molar-refractivity contribution in [2.24, 2.45) is 21.7 Å². The highest BCUT2D eigenvalue weighted by Gasteiger charge is 2.72. The Morgan fingerprint density at radius 1 is 0.446 bits per heavy atom. The maximum atomic E-state index is 12.9. The molecule has 3 aromatic rings. The Morgan fingerprint density at radius 3 is 1.05 bits per heavy atom. The maximum Gasteiger partial charge on any atom is 0.750 e. The lowest BCUT2D eigenvalue weighted by Gasteiger charge is -2.66. The Balaban J connectivity index is 0.000000163. The molecule has 2 N–H and O–H groups in total. The van der Waals surface area contributed by atoms with Crippen LogP contribution in [0.5, 0.6) is 17.2 Å². The molecule has 8 fully saturated rings. The maximum absolute atomic E-state index is 12.9. The zero-order valence-electron chi connectivity index (χ0n) is 32.5. The minimum absolute atomic E-state index is 0.0463. The number of aliphatic hydroxyl groups is 2. The first-order valence-corrected chi connectivity index (χ1v) is 23.6. The van der Waals surface area contributed by atoms with Crippen LogP contribution >= 0.6 is 35.1 Å². The van der Waals surface area contributed by atoms with Crippen LogP contribution in [0.25, 0.3) is 0 Å². The van der Waals surface area contributed by atoms with Crippen molar-refractivity contribution in [2.75, 3.05) is 0 Å². The summed E-state index contributed by atoms with van der Waals surface area (Å²) in [4.78, 5) is 0. The number of rotatable bonds is 10. The third kappa shape index (κ3) is 9.84. The van der Waals surface area contributed by atoms with Crippen molar-refractivity contribution in [2.45, 2.75) is 127 Å². The molecule has 0 amide bonds. The normalized spacial score (nSPS) is 38.9. The van der Waals surface area contributed by atoms with E-state index in [1.807, 2.05) is 42.5 Å². The summed E-state index contributed by atoms with van der Waals surface area (Å²) in [5, 5.41) is 20.9. The van der Waals surface area contributed by atoms with Crippen LogP contribution in [0, 0.1) is 21.7 Å². The Morgan fingerprint density at radius 2 is 0.750 bits per heavy atom. The summed E-state index contributed by atoms with van der Waals surface area (Å²) >= 11 is 5.10. The lowest BCUT2D eigenvalue weighted by molar-refractivity contribution is -0.251. The molecule has 8 saturated carbocycles. The van der Waals surface area contributed by atoms with Crippen LogP contribution in [0.2, 0.25) is 0 Å². The van der Waals surface area contributed by atoms with Gasteiger partial charge in [-0.25, -0.2) is 13.6 Å². The first-order valence-electron chi connectivity index (χ1n) is 19.3. The topological polar surface area (TPSA) is 138 Å². The second kappa shape index (κ2) is 15.3. The molecule has 0 heterocycles. The molecule has 3 aromatic carbocycles. The third-order valence-corrected chi connectivity index (χ3v) is 14.7. The molecule has 0 radical (unpaired) electrons. The largest absolute Gasteiger partial charge is 0.750 e. The summed E-state index contributed by atoms with van der Waals surface area (Å²) < 4.78 is 64.2. The lowest BCUT2D eigenvalue weighted by Crippen LogP contribution is -2.66. The average Bonchev–Trinajstić information content (AvgIpc) is 3.01. The molecule has 0 aliphatic heterocycles. The predicted molar refractivity (Wildman–Crippen MR) is 215 cm³/mol. The number of hydrogen-bond donors (Lipinski definition) is 2. The highest BCUT2D eigenvalue weighted by Crippen LogP contribution is 2.72. The predicted octanol–water partition coefficient (Wildman–Crippen LogP) is 12.2. The first-order chi connectivity index (χ1) is 26.2. The van der Waals surface area contributed by atoms with E-state index in [9.17, 15) is 23.9 Å². The van der Waals surface area contributed by atoms with Crippen LogP contribution in [0.15, 0.2) is 91.0 Å². The molecule has 300 valence electrons. The van der Waals surface area contributed by atoms with Crippen molar-refractivity contribution in [3.05, 3.63) is 91.0 Å². The van der Waals surface area contributed by atoms with E-state index in [-0.39, 0.29) is 21.7 Å². The Hall–Kier alpha value is -2.51. The van der Waals surface area contributed by atoms with Gasteiger partial charge in [0.25, 0.3) is 11.2 Å². The fraction of sp³-hybridized carbons (Fsp3) is 0.571. The van der Waals surface area contributed by atoms with E-state index in [0.717, 1.165) is 57.8 Å². The first kappa shape index (κ1) is 41.6. The van der Waals surface area contributed by atoms with Gasteiger partial charge in [0.2, 0.25) is 0 Å². The standard InChI is InChI=1S/C24H28O6P2.C12H20O2.C6H5ClO2P/c1-21-13-22(2)16-23(14-21,29-31(25)27-19-9-5-3-6-10-19)18-24(15-21,17-22)30-32(26)28-20-11-7-4-8-12-20;1-9-3-10(2)6-11(13,4-9)8-12(14,5-9)7-10;7-10(8)9-6-4-2-1-3-5-6/h3-12H,13-18H2,1-2H3;13-14H,3-8H2,1-2H3;1-5H/q+2;;+1. The minimum Gasteiger partial charge on any atom is -0.390 e. The average molecular weight is 846 g/mol. The number of para-hydroxylation sites is 3. The Bertz CT molecular complexity index is 1740. The van der Waals surface area contributed by atoms with Crippen LogP contribution < -0.4 is 13.6 Å². The van der Waals surface area contributed by atoms with Gasteiger partial charge in [-0.1, -0.05) is 82.3 Å². The van der Waals surface area contributed by atoms with Crippen LogP contribution in [-0.2, 0) is 22.7 Å². The van der Waals surface area contributed by atoms with E-state index in [4.69, 9.17) is 29.3 Å². The zero-order valence-corrected chi connectivity index (χ0v) is 36.0. The minimum atomic E-state index is -2.35. The van der Waals surface area contributed by atoms with Gasteiger partial charge in [-0.05, 0) is 122 Å². The van der Waals surface area contributed by atoms with Gasteiger partial charge in [0.15, 0.2) is 17.2 Å². The highest BCUT2D eigenvalue weighted by atomic mass is 35.7.